The number of carbonyl (C=O) groups excluding carboxylic acids is 1. The number of phenols is 1. The molecule has 2 aromatic rings. The van der Waals surface area contributed by atoms with Crippen molar-refractivity contribution in [2.45, 2.75) is 0 Å². The molecule has 96 valence electrons. The van der Waals surface area contributed by atoms with E-state index in [0.717, 1.165) is 6.07 Å². The molecule has 0 fully saturated rings. The molecule has 2 N–H and O–H groups in total. The van der Waals surface area contributed by atoms with Crippen molar-refractivity contribution >= 4 is 17.3 Å². The quantitative estimate of drug-likeness (QED) is 0.488. The summed E-state index contributed by atoms with van der Waals surface area (Å²) in [6.07, 6.45) is 2.61. The predicted molar refractivity (Wildman–Crippen MR) is 64.7 cm³/mol. The highest BCUT2D eigenvalue weighted by molar-refractivity contribution is 6.04. The number of anilines is 1. The molecule has 0 saturated heterocycles. The van der Waals surface area contributed by atoms with E-state index >= 15 is 0 Å². The van der Waals surface area contributed by atoms with Crippen LogP contribution in [0.3, 0.4) is 0 Å². The Morgan fingerprint density at radius 2 is 2.11 bits per heavy atom. The van der Waals surface area contributed by atoms with Crippen molar-refractivity contribution in [2.75, 3.05) is 5.32 Å². The third-order valence-corrected chi connectivity index (χ3v) is 2.29. The third-order valence-electron chi connectivity index (χ3n) is 2.29. The number of aromatic nitrogens is 2. The van der Waals surface area contributed by atoms with Crippen LogP contribution in [0.15, 0.2) is 36.7 Å². The SMILES string of the molecule is O=C(Nc1ccc([N+](=O)[O-])cc1O)c1ccnnc1. The summed E-state index contributed by atoms with van der Waals surface area (Å²) in [6.45, 7) is 0. The number of carbonyl (C=O) groups is 1. The Morgan fingerprint density at radius 1 is 1.32 bits per heavy atom. The molecule has 1 aromatic carbocycles. The molecule has 1 amide bonds. The molecular weight excluding hydrogens is 252 g/mol. The molecule has 0 unspecified atom stereocenters. The summed E-state index contributed by atoms with van der Waals surface area (Å²) in [4.78, 5) is 21.6. The van der Waals surface area contributed by atoms with Crippen molar-refractivity contribution in [3.8, 4) is 5.75 Å². The zero-order valence-electron chi connectivity index (χ0n) is 9.48. The monoisotopic (exact) mass is 260 g/mol. The molecule has 2 rings (SSSR count). The van der Waals surface area contributed by atoms with Gasteiger partial charge in [-0.05, 0) is 12.1 Å². The number of amides is 1. The molecule has 0 atom stereocenters. The van der Waals surface area contributed by atoms with Crippen LogP contribution < -0.4 is 5.32 Å². The Balaban J connectivity index is 2.20. The van der Waals surface area contributed by atoms with Crippen molar-refractivity contribution in [1.82, 2.24) is 10.2 Å². The maximum atomic E-state index is 11.8. The van der Waals surface area contributed by atoms with Gasteiger partial charge in [-0.15, -0.1) is 0 Å². The van der Waals surface area contributed by atoms with Gasteiger partial charge in [0.1, 0.15) is 5.75 Å². The van der Waals surface area contributed by atoms with Gasteiger partial charge in [0.25, 0.3) is 11.6 Å². The first-order valence-corrected chi connectivity index (χ1v) is 5.13. The summed E-state index contributed by atoms with van der Waals surface area (Å²) in [5.74, 6) is -0.886. The Hall–Kier alpha value is -3.03. The Labute approximate surface area is 106 Å². The molecular formula is C11H8N4O4. The van der Waals surface area contributed by atoms with Gasteiger partial charge in [-0.25, -0.2) is 0 Å². The van der Waals surface area contributed by atoms with Gasteiger partial charge in [-0.2, -0.15) is 10.2 Å². The zero-order valence-corrected chi connectivity index (χ0v) is 9.48. The first-order valence-electron chi connectivity index (χ1n) is 5.13. The minimum atomic E-state index is -0.641. The minimum Gasteiger partial charge on any atom is -0.506 e. The van der Waals surface area contributed by atoms with E-state index < -0.39 is 10.8 Å². The summed E-state index contributed by atoms with van der Waals surface area (Å²) in [5, 5.41) is 29.6. The van der Waals surface area contributed by atoms with Gasteiger partial charge in [-0.3, -0.25) is 14.9 Å². The second kappa shape index (κ2) is 5.08. The van der Waals surface area contributed by atoms with Crippen LogP contribution in [0, 0.1) is 10.1 Å². The van der Waals surface area contributed by atoms with Gasteiger partial charge >= 0.3 is 0 Å². The van der Waals surface area contributed by atoms with E-state index in [9.17, 15) is 20.0 Å². The summed E-state index contributed by atoms with van der Waals surface area (Å²) in [5.41, 5.74) is 0.0706. The smallest absolute Gasteiger partial charge is 0.273 e. The predicted octanol–water partition coefficient (Wildman–Crippen LogP) is 1.34. The van der Waals surface area contributed by atoms with Crippen LogP contribution >= 0.6 is 0 Å². The van der Waals surface area contributed by atoms with Crippen LogP contribution in [0.25, 0.3) is 0 Å². The van der Waals surface area contributed by atoms with Gasteiger partial charge < -0.3 is 10.4 Å². The Kier molecular flexibility index (Phi) is 3.33. The fourth-order valence-corrected chi connectivity index (χ4v) is 1.36. The summed E-state index contributed by atoms with van der Waals surface area (Å²) in [7, 11) is 0. The average molecular weight is 260 g/mol. The number of benzene rings is 1. The second-order valence-electron chi connectivity index (χ2n) is 3.54. The van der Waals surface area contributed by atoms with Crippen LogP contribution in [0.2, 0.25) is 0 Å². The fraction of sp³-hybridized carbons (Fsp3) is 0. The lowest BCUT2D eigenvalue weighted by molar-refractivity contribution is -0.384. The van der Waals surface area contributed by atoms with Crippen molar-refractivity contribution in [1.29, 1.82) is 0 Å². The third kappa shape index (κ3) is 2.80. The lowest BCUT2D eigenvalue weighted by Gasteiger charge is -2.06. The number of nitrogens with one attached hydrogen (secondary N) is 1. The van der Waals surface area contributed by atoms with Gasteiger partial charge in [0, 0.05) is 6.07 Å². The molecule has 8 nitrogen and oxygen atoms in total. The first-order chi connectivity index (χ1) is 9.08. The molecule has 0 aliphatic rings. The molecule has 0 saturated carbocycles. The number of nitro benzene ring substituents is 1. The Morgan fingerprint density at radius 3 is 2.68 bits per heavy atom. The molecule has 0 aliphatic carbocycles. The molecule has 1 aromatic heterocycles. The number of phenolic OH excluding ortho intramolecular Hbond substituents is 1. The highest BCUT2D eigenvalue weighted by Crippen LogP contribution is 2.28. The summed E-state index contributed by atoms with van der Waals surface area (Å²) >= 11 is 0. The maximum absolute atomic E-state index is 11.8. The lowest BCUT2D eigenvalue weighted by Crippen LogP contribution is -2.12. The molecule has 1 heterocycles. The topological polar surface area (TPSA) is 118 Å². The van der Waals surface area contributed by atoms with Crippen molar-refractivity contribution < 1.29 is 14.8 Å². The van der Waals surface area contributed by atoms with Gasteiger partial charge in [0.15, 0.2) is 0 Å². The molecule has 8 heteroatoms. The number of aromatic hydroxyl groups is 1. The summed E-state index contributed by atoms with van der Waals surface area (Å²) < 4.78 is 0. The van der Waals surface area contributed by atoms with Crippen LogP contribution in [0.5, 0.6) is 5.75 Å². The van der Waals surface area contributed by atoms with Crippen molar-refractivity contribution in [3.63, 3.8) is 0 Å². The number of non-ortho nitro benzene ring substituents is 1. The van der Waals surface area contributed by atoms with Crippen LogP contribution in [-0.4, -0.2) is 26.1 Å². The van der Waals surface area contributed by atoms with Gasteiger partial charge in [0.2, 0.25) is 0 Å². The average Bonchev–Trinajstić information content (AvgIpc) is 2.41. The minimum absolute atomic E-state index is 0.0763. The lowest BCUT2D eigenvalue weighted by atomic mass is 10.2. The number of hydrogen-bond acceptors (Lipinski definition) is 6. The molecule has 19 heavy (non-hydrogen) atoms. The van der Waals surface area contributed by atoms with E-state index in [4.69, 9.17) is 0 Å². The highest BCUT2D eigenvalue weighted by atomic mass is 16.6. The number of nitrogens with zero attached hydrogens (tertiary/aromatic N) is 3. The van der Waals surface area contributed by atoms with Gasteiger partial charge in [0.05, 0.1) is 34.6 Å². The molecule has 0 aliphatic heterocycles. The Bertz CT molecular complexity index is 630. The normalized spacial score (nSPS) is 9.89. The van der Waals surface area contributed by atoms with E-state index in [2.05, 4.69) is 15.5 Å². The van der Waals surface area contributed by atoms with Crippen molar-refractivity contribution in [3.05, 3.63) is 52.3 Å². The zero-order chi connectivity index (χ0) is 13.8. The summed E-state index contributed by atoms with van der Waals surface area (Å²) in [6, 6.07) is 4.84. The van der Waals surface area contributed by atoms with E-state index in [0.29, 0.717) is 0 Å². The van der Waals surface area contributed by atoms with Gasteiger partial charge in [-0.1, -0.05) is 0 Å². The largest absolute Gasteiger partial charge is 0.506 e. The molecule has 0 bridgehead atoms. The second-order valence-corrected chi connectivity index (χ2v) is 3.54. The highest BCUT2D eigenvalue weighted by Gasteiger charge is 2.13. The molecule has 0 radical (unpaired) electrons. The van der Waals surface area contributed by atoms with E-state index in [1.54, 1.807) is 0 Å². The molecule has 0 spiro atoms. The number of nitro groups is 1. The first kappa shape index (κ1) is 12.4. The van der Waals surface area contributed by atoms with E-state index in [-0.39, 0.29) is 22.7 Å². The van der Waals surface area contributed by atoms with Crippen LogP contribution in [0.4, 0.5) is 11.4 Å². The maximum Gasteiger partial charge on any atom is 0.273 e. The standard InChI is InChI=1S/C11H8N4O4/c16-10-5-8(15(18)19)1-2-9(10)14-11(17)7-3-4-12-13-6-7/h1-6,16H,(H,14,17). The van der Waals surface area contributed by atoms with Crippen LogP contribution in [-0.2, 0) is 0 Å². The fourth-order valence-electron chi connectivity index (χ4n) is 1.36. The number of rotatable bonds is 3. The van der Waals surface area contributed by atoms with E-state index in [1.165, 1.54) is 30.6 Å². The van der Waals surface area contributed by atoms with Crippen molar-refractivity contribution in [2.24, 2.45) is 0 Å². The van der Waals surface area contributed by atoms with Crippen LogP contribution in [0.1, 0.15) is 10.4 Å². The van der Waals surface area contributed by atoms with E-state index in [1.807, 2.05) is 0 Å². The number of hydrogen-bond donors (Lipinski definition) is 2.